The van der Waals surface area contributed by atoms with Gasteiger partial charge in [-0.05, 0) is 54.4 Å². The van der Waals surface area contributed by atoms with Crippen molar-refractivity contribution >= 4 is 40.5 Å². The van der Waals surface area contributed by atoms with E-state index in [1.54, 1.807) is 18.2 Å². The first-order valence-electron chi connectivity index (χ1n) is 10.4. The van der Waals surface area contributed by atoms with Gasteiger partial charge in [-0.2, -0.15) is 0 Å². The maximum Gasteiger partial charge on any atom is 0.249 e. The lowest BCUT2D eigenvalue weighted by Crippen LogP contribution is -2.28. The monoisotopic (exact) mass is 465 g/mol. The highest BCUT2D eigenvalue weighted by atomic mass is 35.5. The SMILES string of the molecule is CC1C(=O)Nc2cc(C3=NC(Cc4ccc(Cl)cc4F)C(=O)Nc4ccc(F)cc43)ccc21. The van der Waals surface area contributed by atoms with Crippen LogP contribution in [0.5, 0.6) is 0 Å². The van der Waals surface area contributed by atoms with Crippen LogP contribution in [0, 0.1) is 11.6 Å². The van der Waals surface area contributed by atoms with Crippen LogP contribution in [-0.4, -0.2) is 23.6 Å². The molecular weight excluding hydrogens is 448 g/mol. The number of amides is 2. The standard InChI is InChI=1S/C25H18ClF2N3O2/c1-12-17-6-3-14(9-21(17)31-24(12)32)23-18-11-16(27)5-7-20(18)30-25(33)22(29-23)8-13-2-4-15(26)10-19(13)28/h2-7,9-12,22H,8H2,1H3,(H,30,33)(H,31,32). The summed E-state index contributed by atoms with van der Waals surface area (Å²) >= 11 is 5.85. The van der Waals surface area contributed by atoms with E-state index in [1.807, 2.05) is 13.0 Å². The summed E-state index contributed by atoms with van der Waals surface area (Å²) in [4.78, 5) is 29.7. The first kappa shape index (κ1) is 21.3. The number of benzodiazepines with no additional fused rings is 1. The van der Waals surface area contributed by atoms with Crippen molar-refractivity contribution in [3.8, 4) is 0 Å². The van der Waals surface area contributed by atoms with E-state index in [0.717, 1.165) is 5.56 Å². The summed E-state index contributed by atoms with van der Waals surface area (Å²) in [5.74, 6) is -1.84. The summed E-state index contributed by atoms with van der Waals surface area (Å²) in [7, 11) is 0. The molecule has 5 rings (SSSR count). The third kappa shape index (κ3) is 3.89. The summed E-state index contributed by atoms with van der Waals surface area (Å²) in [5.41, 5.74) is 3.57. The number of halogens is 3. The van der Waals surface area contributed by atoms with Crippen LogP contribution in [0.3, 0.4) is 0 Å². The lowest BCUT2D eigenvalue weighted by Gasteiger charge is -2.13. The number of carbonyl (C=O) groups excluding carboxylic acids is 2. The number of hydrogen-bond donors (Lipinski definition) is 2. The van der Waals surface area contributed by atoms with Gasteiger partial charge >= 0.3 is 0 Å². The van der Waals surface area contributed by atoms with Gasteiger partial charge in [-0.15, -0.1) is 0 Å². The molecule has 0 spiro atoms. The Morgan fingerprint density at radius 1 is 0.939 bits per heavy atom. The molecule has 0 aromatic heterocycles. The molecule has 5 nitrogen and oxygen atoms in total. The fourth-order valence-corrected chi connectivity index (χ4v) is 4.32. The van der Waals surface area contributed by atoms with Gasteiger partial charge < -0.3 is 10.6 Å². The molecule has 3 aromatic rings. The predicted molar refractivity (Wildman–Crippen MR) is 123 cm³/mol. The molecule has 2 aliphatic heterocycles. The van der Waals surface area contributed by atoms with Crippen molar-refractivity contribution in [3.05, 3.63) is 93.5 Å². The third-order valence-electron chi connectivity index (χ3n) is 5.95. The molecule has 33 heavy (non-hydrogen) atoms. The molecule has 0 saturated carbocycles. The molecule has 2 aliphatic rings. The lowest BCUT2D eigenvalue weighted by atomic mass is 9.96. The Labute approximate surface area is 193 Å². The zero-order valence-electron chi connectivity index (χ0n) is 17.5. The number of anilines is 2. The van der Waals surface area contributed by atoms with Crippen molar-refractivity contribution in [3.63, 3.8) is 0 Å². The van der Waals surface area contributed by atoms with Crippen molar-refractivity contribution in [1.29, 1.82) is 0 Å². The second kappa shape index (κ2) is 8.08. The van der Waals surface area contributed by atoms with Crippen LogP contribution in [0.4, 0.5) is 20.2 Å². The highest BCUT2D eigenvalue weighted by Gasteiger charge is 2.30. The van der Waals surface area contributed by atoms with Gasteiger partial charge in [-0.25, -0.2) is 8.78 Å². The molecule has 0 bridgehead atoms. The summed E-state index contributed by atoms with van der Waals surface area (Å²) in [5, 5.41) is 5.87. The third-order valence-corrected chi connectivity index (χ3v) is 6.19. The maximum absolute atomic E-state index is 14.4. The van der Waals surface area contributed by atoms with E-state index in [1.165, 1.54) is 30.3 Å². The quantitative estimate of drug-likeness (QED) is 0.566. The van der Waals surface area contributed by atoms with Crippen molar-refractivity contribution in [2.24, 2.45) is 4.99 Å². The van der Waals surface area contributed by atoms with Gasteiger partial charge in [-0.1, -0.05) is 29.8 Å². The summed E-state index contributed by atoms with van der Waals surface area (Å²) in [6, 6.07) is 12.7. The number of nitrogens with zero attached hydrogens (tertiary/aromatic N) is 1. The van der Waals surface area contributed by atoms with E-state index in [-0.39, 0.29) is 28.8 Å². The number of fused-ring (bicyclic) bond motifs is 2. The molecule has 0 fully saturated rings. The average Bonchev–Trinajstić information content (AvgIpc) is 2.98. The number of hydrogen-bond acceptors (Lipinski definition) is 3. The van der Waals surface area contributed by atoms with Gasteiger partial charge in [-0.3, -0.25) is 14.6 Å². The number of benzene rings is 3. The number of nitrogens with one attached hydrogen (secondary N) is 2. The summed E-state index contributed by atoms with van der Waals surface area (Å²) < 4.78 is 28.6. The van der Waals surface area contributed by atoms with Crippen LogP contribution in [0.15, 0.2) is 59.6 Å². The molecule has 0 saturated heterocycles. The highest BCUT2D eigenvalue weighted by Crippen LogP contribution is 2.35. The van der Waals surface area contributed by atoms with Gasteiger partial charge in [0.05, 0.1) is 17.3 Å². The van der Waals surface area contributed by atoms with E-state index in [9.17, 15) is 18.4 Å². The van der Waals surface area contributed by atoms with Crippen LogP contribution in [0.25, 0.3) is 0 Å². The first-order valence-corrected chi connectivity index (χ1v) is 10.8. The largest absolute Gasteiger partial charge is 0.325 e. The minimum atomic E-state index is -0.965. The van der Waals surface area contributed by atoms with Crippen molar-refractivity contribution in [1.82, 2.24) is 0 Å². The molecule has 2 amide bonds. The van der Waals surface area contributed by atoms with Gasteiger partial charge in [0.2, 0.25) is 11.8 Å². The molecule has 0 radical (unpaired) electrons. The second-order valence-corrected chi connectivity index (χ2v) is 8.56. The summed E-state index contributed by atoms with van der Waals surface area (Å²) in [6.07, 6.45) is -0.00643. The maximum atomic E-state index is 14.4. The molecule has 2 unspecified atom stereocenters. The van der Waals surface area contributed by atoms with E-state index < -0.39 is 23.6 Å². The molecule has 2 heterocycles. The average molecular weight is 466 g/mol. The fraction of sp³-hybridized carbons (Fsp3) is 0.160. The number of aliphatic imine (C=N–C) groups is 1. The number of rotatable bonds is 3. The molecule has 3 aromatic carbocycles. The fourth-order valence-electron chi connectivity index (χ4n) is 4.16. The Morgan fingerprint density at radius 2 is 1.73 bits per heavy atom. The second-order valence-electron chi connectivity index (χ2n) is 8.13. The molecule has 2 atom stereocenters. The molecule has 166 valence electrons. The van der Waals surface area contributed by atoms with Crippen LogP contribution in [-0.2, 0) is 16.0 Å². The van der Waals surface area contributed by atoms with Crippen LogP contribution >= 0.6 is 11.6 Å². The van der Waals surface area contributed by atoms with Gasteiger partial charge in [0, 0.05) is 28.3 Å². The molecule has 8 heteroatoms. The topological polar surface area (TPSA) is 70.6 Å². The predicted octanol–water partition coefficient (Wildman–Crippen LogP) is 5.07. The normalized spacial score (nSPS) is 19.2. The Bertz CT molecular complexity index is 1360. The van der Waals surface area contributed by atoms with Crippen LogP contribution in [0.2, 0.25) is 5.02 Å². The minimum Gasteiger partial charge on any atom is -0.325 e. The van der Waals surface area contributed by atoms with E-state index in [4.69, 9.17) is 11.6 Å². The van der Waals surface area contributed by atoms with E-state index >= 15 is 0 Å². The lowest BCUT2D eigenvalue weighted by molar-refractivity contribution is -0.117. The Hall–Kier alpha value is -3.58. The van der Waals surface area contributed by atoms with Crippen LogP contribution in [0.1, 0.15) is 35.1 Å². The van der Waals surface area contributed by atoms with E-state index in [2.05, 4.69) is 15.6 Å². The first-order chi connectivity index (χ1) is 15.8. The number of carbonyl (C=O) groups is 2. The van der Waals surface area contributed by atoms with Gasteiger partial charge in [0.25, 0.3) is 0 Å². The van der Waals surface area contributed by atoms with Crippen LogP contribution < -0.4 is 10.6 Å². The zero-order valence-corrected chi connectivity index (χ0v) is 18.2. The van der Waals surface area contributed by atoms with Gasteiger partial charge in [0.1, 0.15) is 17.7 Å². The van der Waals surface area contributed by atoms with Crippen molar-refractivity contribution < 1.29 is 18.4 Å². The highest BCUT2D eigenvalue weighted by molar-refractivity contribution is 6.30. The molecule has 0 aliphatic carbocycles. The van der Waals surface area contributed by atoms with Crippen molar-refractivity contribution in [2.75, 3.05) is 10.6 Å². The zero-order chi connectivity index (χ0) is 23.3. The summed E-state index contributed by atoms with van der Waals surface area (Å²) in [6.45, 7) is 1.81. The smallest absolute Gasteiger partial charge is 0.249 e. The molecular formula is C25H18ClF2N3O2. The Morgan fingerprint density at radius 3 is 2.52 bits per heavy atom. The minimum absolute atomic E-state index is 0.00643. The van der Waals surface area contributed by atoms with Crippen molar-refractivity contribution in [2.45, 2.75) is 25.3 Å². The Balaban J connectivity index is 1.63. The van der Waals surface area contributed by atoms with Gasteiger partial charge in [0.15, 0.2) is 0 Å². The Kier molecular flexibility index (Phi) is 5.21. The molecule has 2 N–H and O–H groups in total. The van der Waals surface area contributed by atoms with E-state index in [0.29, 0.717) is 28.2 Å².